The standard InChI is InChI=1S/C17H20N8O7/c18-13-12(14(29)24-16(19)23-13)22-17(32)21-8-4-5-10(20-6-8)25(7-26)9(15(30)31)2-1-3-11(27)28/h4-7,9H,1-3H2,(H,27,28)(H,30,31)(H2,21,22,32)(H5,18,19,23,24,29)/t9-/m0/s1. The molecule has 3 amide bonds. The van der Waals surface area contributed by atoms with Gasteiger partial charge in [-0.15, -0.1) is 0 Å². The average molecular weight is 448 g/mol. The van der Waals surface area contributed by atoms with Gasteiger partial charge in [-0.2, -0.15) is 4.98 Å². The molecule has 170 valence electrons. The van der Waals surface area contributed by atoms with Crippen LogP contribution in [0.4, 0.5) is 33.8 Å². The molecule has 0 fully saturated rings. The van der Waals surface area contributed by atoms with Crippen molar-refractivity contribution >= 4 is 53.3 Å². The minimum atomic E-state index is -1.33. The van der Waals surface area contributed by atoms with Gasteiger partial charge in [0.05, 0.1) is 11.9 Å². The Labute approximate surface area is 179 Å². The van der Waals surface area contributed by atoms with Crippen LogP contribution < -0.4 is 32.6 Å². The van der Waals surface area contributed by atoms with Gasteiger partial charge in [-0.3, -0.25) is 29.6 Å². The summed E-state index contributed by atoms with van der Waals surface area (Å²) in [4.78, 5) is 68.1. The summed E-state index contributed by atoms with van der Waals surface area (Å²) in [6.45, 7) is 0. The van der Waals surface area contributed by atoms with Gasteiger partial charge in [-0.05, 0) is 25.0 Å². The summed E-state index contributed by atoms with van der Waals surface area (Å²) in [5.74, 6) is -2.96. The Morgan fingerprint density at radius 1 is 1.22 bits per heavy atom. The van der Waals surface area contributed by atoms with E-state index in [0.717, 1.165) is 11.1 Å². The molecule has 0 aliphatic heterocycles. The number of H-pyrrole nitrogens is 1. The lowest BCUT2D eigenvalue weighted by atomic mass is 10.1. The third kappa shape index (κ3) is 6.15. The maximum Gasteiger partial charge on any atom is 0.326 e. The molecular formula is C17H20N8O7. The van der Waals surface area contributed by atoms with Crippen molar-refractivity contribution in [2.24, 2.45) is 0 Å². The first-order chi connectivity index (χ1) is 15.1. The first-order valence-electron chi connectivity index (χ1n) is 9.00. The minimum Gasteiger partial charge on any atom is -0.481 e. The lowest BCUT2D eigenvalue weighted by Gasteiger charge is -2.24. The predicted octanol–water partition coefficient (Wildman–Crippen LogP) is -0.356. The summed E-state index contributed by atoms with van der Waals surface area (Å²) in [6, 6.07) is 0.439. The molecule has 2 aromatic rings. The fraction of sp³-hybridized carbons (Fsp3) is 0.235. The number of urea groups is 1. The number of carbonyl (C=O) groups is 4. The van der Waals surface area contributed by atoms with Crippen LogP contribution in [-0.4, -0.2) is 55.6 Å². The van der Waals surface area contributed by atoms with Gasteiger partial charge in [0, 0.05) is 6.42 Å². The number of carboxylic acid groups (broad SMARTS) is 2. The van der Waals surface area contributed by atoms with E-state index in [1.807, 2.05) is 0 Å². The predicted molar refractivity (Wildman–Crippen MR) is 112 cm³/mol. The van der Waals surface area contributed by atoms with Crippen LogP contribution in [0.2, 0.25) is 0 Å². The second-order valence-electron chi connectivity index (χ2n) is 6.35. The molecule has 2 rings (SSSR count). The molecule has 32 heavy (non-hydrogen) atoms. The molecule has 15 nitrogen and oxygen atoms in total. The third-order valence-corrected chi connectivity index (χ3v) is 4.08. The van der Waals surface area contributed by atoms with Crippen LogP contribution in [0.15, 0.2) is 23.1 Å². The molecule has 0 unspecified atom stereocenters. The quantitative estimate of drug-likeness (QED) is 0.231. The molecule has 1 atom stereocenters. The Balaban J connectivity index is 2.09. The van der Waals surface area contributed by atoms with Gasteiger partial charge in [0.25, 0.3) is 5.56 Å². The van der Waals surface area contributed by atoms with Crippen LogP contribution in [0.1, 0.15) is 19.3 Å². The van der Waals surface area contributed by atoms with Crippen molar-refractivity contribution in [3.8, 4) is 0 Å². The van der Waals surface area contributed by atoms with E-state index in [9.17, 15) is 29.1 Å². The summed E-state index contributed by atoms with van der Waals surface area (Å²) in [5.41, 5.74) is 9.95. The van der Waals surface area contributed by atoms with Crippen LogP contribution in [0.25, 0.3) is 0 Å². The van der Waals surface area contributed by atoms with Gasteiger partial charge in [0.1, 0.15) is 11.9 Å². The molecule has 15 heteroatoms. The number of nitrogen functional groups attached to an aromatic ring is 2. The fourth-order valence-electron chi connectivity index (χ4n) is 2.63. The first-order valence-corrected chi connectivity index (χ1v) is 9.00. The lowest BCUT2D eigenvalue weighted by Crippen LogP contribution is -2.41. The van der Waals surface area contributed by atoms with Crippen LogP contribution in [0.3, 0.4) is 0 Å². The van der Waals surface area contributed by atoms with Crippen LogP contribution in [0, 0.1) is 0 Å². The van der Waals surface area contributed by atoms with E-state index in [4.69, 9.17) is 16.6 Å². The number of aromatic nitrogens is 3. The van der Waals surface area contributed by atoms with Gasteiger partial charge >= 0.3 is 18.0 Å². The van der Waals surface area contributed by atoms with E-state index < -0.39 is 29.6 Å². The van der Waals surface area contributed by atoms with Crippen molar-refractivity contribution in [3.05, 3.63) is 28.7 Å². The second kappa shape index (κ2) is 10.4. The van der Waals surface area contributed by atoms with Gasteiger partial charge < -0.3 is 27.0 Å². The van der Waals surface area contributed by atoms with Gasteiger partial charge in [0.15, 0.2) is 11.5 Å². The van der Waals surface area contributed by atoms with Crippen molar-refractivity contribution in [1.29, 1.82) is 0 Å². The maximum absolute atomic E-state index is 12.1. The number of nitrogens with one attached hydrogen (secondary N) is 3. The highest BCUT2D eigenvalue weighted by atomic mass is 16.4. The van der Waals surface area contributed by atoms with Crippen molar-refractivity contribution in [2.75, 3.05) is 27.0 Å². The topological polar surface area (TPSA) is 247 Å². The molecule has 2 heterocycles. The molecule has 0 aliphatic carbocycles. The first kappa shape index (κ1) is 23.6. The number of rotatable bonds is 10. The fourth-order valence-corrected chi connectivity index (χ4v) is 2.63. The summed E-state index contributed by atoms with van der Waals surface area (Å²) in [5, 5.41) is 22.7. The van der Waals surface area contributed by atoms with Crippen molar-refractivity contribution in [2.45, 2.75) is 25.3 Å². The zero-order valence-electron chi connectivity index (χ0n) is 16.4. The number of hydrogen-bond acceptors (Lipinski definition) is 9. The highest BCUT2D eigenvalue weighted by Crippen LogP contribution is 2.19. The number of anilines is 5. The number of hydrogen-bond donors (Lipinski definition) is 7. The van der Waals surface area contributed by atoms with Gasteiger partial charge in [-0.1, -0.05) is 0 Å². The van der Waals surface area contributed by atoms with E-state index >= 15 is 0 Å². The minimum absolute atomic E-state index is 0.0305. The number of carboxylic acids is 2. The summed E-state index contributed by atoms with van der Waals surface area (Å²) >= 11 is 0. The van der Waals surface area contributed by atoms with Crippen LogP contribution in [0.5, 0.6) is 0 Å². The van der Waals surface area contributed by atoms with E-state index in [2.05, 4.69) is 25.6 Å². The van der Waals surface area contributed by atoms with E-state index in [0.29, 0.717) is 0 Å². The molecular weight excluding hydrogens is 428 g/mol. The molecule has 0 bridgehead atoms. The Morgan fingerprint density at radius 2 is 1.94 bits per heavy atom. The van der Waals surface area contributed by atoms with Crippen molar-refractivity contribution < 1.29 is 29.4 Å². The summed E-state index contributed by atoms with van der Waals surface area (Å²) in [6.07, 6.45) is 1.11. The van der Waals surface area contributed by atoms with Crippen molar-refractivity contribution in [1.82, 2.24) is 15.0 Å². The number of aromatic amines is 1. The molecule has 2 aromatic heterocycles. The molecule has 0 saturated carbocycles. The number of nitrogens with two attached hydrogens (primary N) is 2. The lowest BCUT2D eigenvalue weighted by molar-refractivity contribution is -0.140. The number of carbonyl (C=O) groups excluding carboxylic acids is 2. The SMILES string of the molecule is Nc1nc(N)c(NC(=O)Nc2ccc(N(C=O)[C@@H](CCCC(=O)O)C(=O)O)nc2)c(=O)[nH]1. The Morgan fingerprint density at radius 3 is 2.47 bits per heavy atom. The highest BCUT2D eigenvalue weighted by molar-refractivity contribution is 6.01. The molecule has 0 aliphatic rings. The van der Waals surface area contributed by atoms with E-state index in [1.165, 1.54) is 12.1 Å². The van der Waals surface area contributed by atoms with Gasteiger partial charge in [-0.25, -0.2) is 14.6 Å². The number of amides is 3. The zero-order valence-corrected chi connectivity index (χ0v) is 16.4. The summed E-state index contributed by atoms with van der Waals surface area (Å²) in [7, 11) is 0. The normalized spacial score (nSPS) is 11.2. The average Bonchev–Trinajstić information content (AvgIpc) is 2.70. The van der Waals surface area contributed by atoms with Gasteiger partial charge in [0.2, 0.25) is 12.4 Å². The van der Waals surface area contributed by atoms with E-state index in [-0.39, 0.29) is 54.6 Å². The number of aliphatic carboxylic acids is 2. The van der Waals surface area contributed by atoms with E-state index in [1.54, 1.807) is 0 Å². The second-order valence-corrected chi connectivity index (χ2v) is 6.35. The largest absolute Gasteiger partial charge is 0.481 e. The Bertz CT molecular complexity index is 1070. The Hall–Kier alpha value is -4.69. The number of pyridine rings is 1. The molecule has 0 aromatic carbocycles. The molecule has 0 radical (unpaired) electrons. The maximum atomic E-state index is 12.1. The van der Waals surface area contributed by atoms with Crippen LogP contribution in [-0.2, 0) is 14.4 Å². The number of nitrogens with zero attached hydrogens (tertiary/aromatic N) is 3. The highest BCUT2D eigenvalue weighted by Gasteiger charge is 2.26. The smallest absolute Gasteiger partial charge is 0.326 e. The molecule has 0 spiro atoms. The zero-order chi connectivity index (χ0) is 23.8. The summed E-state index contributed by atoms with van der Waals surface area (Å²) < 4.78 is 0. The Kier molecular flexibility index (Phi) is 7.65. The third-order valence-electron chi connectivity index (χ3n) is 4.08. The molecule has 9 N–H and O–H groups in total. The molecule has 0 saturated heterocycles. The van der Waals surface area contributed by atoms with Crippen molar-refractivity contribution in [3.63, 3.8) is 0 Å². The van der Waals surface area contributed by atoms with Crippen LogP contribution >= 0.6 is 0 Å². The monoisotopic (exact) mass is 448 g/mol.